The van der Waals surface area contributed by atoms with Crippen molar-refractivity contribution in [2.45, 2.75) is 12.5 Å². The third-order valence-corrected chi connectivity index (χ3v) is 5.90. The standard InChI is InChI=1S/C18H21N5O4S/c1-20(16-17(23(24)25)22-6-7-28-18(22)19-16)12-4-5-21(11-12)13-8-14(26-2)10-15(9-13)27-3/h6-10,12H,4-5,11H2,1-3H3. The molecular formula is C18H21N5O4S. The summed E-state index contributed by atoms with van der Waals surface area (Å²) >= 11 is 1.39. The fourth-order valence-corrected chi connectivity index (χ4v) is 4.31. The summed E-state index contributed by atoms with van der Waals surface area (Å²) in [6, 6.07) is 5.89. The molecule has 0 radical (unpaired) electrons. The Bertz CT molecular complexity index is 994. The predicted octanol–water partition coefficient (Wildman–Crippen LogP) is 3.04. The van der Waals surface area contributed by atoms with E-state index in [-0.39, 0.29) is 16.8 Å². The van der Waals surface area contributed by atoms with Crippen molar-refractivity contribution in [1.29, 1.82) is 0 Å². The monoisotopic (exact) mass is 403 g/mol. The Hall–Kier alpha value is -3.01. The van der Waals surface area contributed by atoms with Crippen LogP contribution < -0.4 is 19.3 Å². The summed E-state index contributed by atoms with van der Waals surface area (Å²) < 4.78 is 12.3. The lowest BCUT2D eigenvalue weighted by Gasteiger charge is -2.25. The van der Waals surface area contributed by atoms with E-state index >= 15 is 0 Å². The number of benzene rings is 1. The Morgan fingerprint density at radius 2 is 2.00 bits per heavy atom. The van der Waals surface area contributed by atoms with Crippen molar-refractivity contribution < 1.29 is 14.4 Å². The molecule has 1 fully saturated rings. The van der Waals surface area contributed by atoms with E-state index in [9.17, 15) is 10.1 Å². The van der Waals surface area contributed by atoms with Crippen molar-refractivity contribution in [3.05, 3.63) is 39.9 Å². The van der Waals surface area contributed by atoms with Crippen LogP contribution in [0.2, 0.25) is 0 Å². The quantitative estimate of drug-likeness (QED) is 0.462. The van der Waals surface area contributed by atoms with Gasteiger partial charge in [0, 0.05) is 55.4 Å². The normalized spacial score (nSPS) is 16.5. The Morgan fingerprint density at radius 1 is 1.29 bits per heavy atom. The van der Waals surface area contributed by atoms with Crippen molar-refractivity contribution in [1.82, 2.24) is 9.38 Å². The molecule has 10 heteroatoms. The summed E-state index contributed by atoms with van der Waals surface area (Å²) in [7, 11) is 5.13. The predicted molar refractivity (Wildman–Crippen MR) is 108 cm³/mol. The molecule has 0 spiro atoms. The van der Waals surface area contributed by atoms with Crippen LogP contribution in [0.5, 0.6) is 11.5 Å². The highest BCUT2D eigenvalue weighted by Gasteiger charge is 2.33. The third kappa shape index (κ3) is 3.09. The first kappa shape index (κ1) is 18.4. The average Bonchev–Trinajstić information content (AvgIpc) is 3.41. The maximum absolute atomic E-state index is 11.6. The molecular weight excluding hydrogens is 382 g/mol. The van der Waals surface area contributed by atoms with E-state index in [0.29, 0.717) is 10.8 Å². The molecule has 2 aromatic heterocycles. The number of fused-ring (bicyclic) bond motifs is 1. The molecule has 9 nitrogen and oxygen atoms in total. The Morgan fingerprint density at radius 3 is 2.64 bits per heavy atom. The molecule has 1 aliphatic heterocycles. The maximum atomic E-state index is 11.6. The van der Waals surface area contributed by atoms with E-state index in [1.807, 2.05) is 30.1 Å². The van der Waals surface area contributed by atoms with Crippen LogP contribution in [0, 0.1) is 10.1 Å². The number of nitrogens with zero attached hydrogens (tertiary/aromatic N) is 5. The van der Waals surface area contributed by atoms with Crippen LogP contribution in [0.3, 0.4) is 0 Å². The lowest BCUT2D eigenvalue weighted by molar-refractivity contribution is -0.389. The SMILES string of the molecule is COc1cc(OC)cc(N2CCC(N(C)c3nc4sccn4c3[N+](=O)[O-])C2)c1. The second kappa shape index (κ2) is 7.19. The second-order valence-electron chi connectivity index (χ2n) is 6.64. The van der Waals surface area contributed by atoms with Crippen LogP contribution >= 0.6 is 11.3 Å². The van der Waals surface area contributed by atoms with Gasteiger partial charge in [0.05, 0.1) is 14.2 Å². The number of ether oxygens (including phenoxy) is 2. The van der Waals surface area contributed by atoms with E-state index in [0.717, 1.165) is 36.7 Å². The molecule has 0 aliphatic carbocycles. The molecule has 1 atom stereocenters. The van der Waals surface area contributed by atoms with E-state index in [1.165, 1.54) is 15.7 Å². The van der Waals surface area contributed by atoms with Gasteiger partial charge in [0.1, 0.15) is 17.7 Å². The van der Waals surface area contributed by atoms with Crippen LogP contribution in [0.1, 0.15) is 6.42 Å². The Balaban J connectivity index is 1.59. The first-order chi connectivity index (χ1) is 13.5. The molecule has 1 aromatic carbocycles. The highest BCUT2D eigenvalue weighted by molar-refractivity contribution is 7.15. The second-order valence-corrected chi connectivity index (χ2v) is 7.52. The van der Waals surface area contributed by atoms with Gasteiger partial charge in [0.25, 0.3) is 4.96 Å². The molecule has 0 saturated carbocycles. The molecule has 1 aliphatic rings. The minimum atomic E-state index is -0.363. The molecule has 0 N–H and O–H groups in total. The average molecular weight is 403 g/mol. The number of likely N-dealkylation sites (N-methyl/N-ethyl adjacent to an activating group) is 1. The van der Waals surface area contributed by atoms with Gasteiger partial charge in [-0.1, -0.05) is 11.3 Å². The fourth-order valence-electron chi connectivity index (χ4n) is 3.61. The molecule has 3 aromatic rings. The van der Waals surface area contributed by atoms with Gasteiger partial charge in [-0.05, 0) is 11.3 Å². The van der Waals surface area contributed by atoms with E-state index in [1.54, 1.807) is 25.8 Å². The van der Waals surface area contributed by atoms with Gasteiger partial charge >= 0.3 is 5.82 Å². The minimum absolute atomic E-state index is 0.0141. The minimum Gasteiger partial charge on any atom is -0.497 e. The van der Waals surface area contributed by atoms with Crippen LogP contribution in [0.4, 0.5) is 17.3 Å². The third-order valence-electron chi connectivity index (χ3n) is 5.14. The zero-order chi connectivity index (χ0) is 19.8. The largest absolute Gasteiger partial charge is 0.497 e. The van der Waals surface area contributed by atoms with Crippen LogP contribution in [-0.2, 0) is 0 Å². The molecule has 1 unspecified atom stereocenters. The van der Waals surface area contributed by atoms with Gasteiger partial charge in [-0.15, -0.1) is 0 Å². The topological polar surface area (TPSA) is 85.4 Å². The van der Waals surface area contributed by atoms with Gasteiger partial charge in [0.15, 0.2) is 0 Å². The van der Waals surface area contributed by atoms with E-state index in [4.69, 9.17) is 9.47 Å². The van der Waals surface area contributed by atoms with Crippen molar-refractivity contribution in [3.8, 4) is 11.5 Å². The Kier molecular flexibility index (Phi) is 4.71. The summed E-state index contributed by atoms with van der Waals surface area (Å²) in [5.74, 6) is 1.89. The molecule has 4 rings (SSSR count). The van der Waals surface area contributed by atoms with E-state index in [2.05, 4.69) is 9.88 Å². The first-order valence-electron chi connectivity index (χ1n) is 8.82. The lowest BCUT2D eigenvalue weighted by Crippen LogP contribution is -2.35. The Labute approximate surface area is 165 Å². The number of thiazole rings is 1. The molecule has 3 heterocycles. The van der Waals surface area contributed by atoms with Crippen LogP contribution in [0.15, 0.2) is 29.8 Å². The van der Waals surface area contributed by atoms with Crippen molar-refractivity contribution in [2.24, 2.45) is 0 Å². The van der Waals surface area contributed by atoms with Gasteiger partial charge in [-0.25, -0.2) is 0 Å². The molecule has 28 heavy (non-hydrogen) atoms. The van der Waals surface area contributed by atoms with Gasteiger partial charge in [-0.3, -0.25) is 0 Å². The van der Waals surface area contributed by atoms with E-state index < -0.39 is 0 Å². The highest BCUT2D eigenvalue weighted by Crippen LogP contribution is 2.35. The summed E-state index contributed by atoms with van der Waals surface area (Å²) in [4.78, 5) is 20.5. The van der Waals surface area contributed by atoms with Crippen LogP contribution in [-0.4, -0.2) is 54.7 Å². The molecule has 0 bridgehead atoms. The molecule has 148 valence electrons. The van der Waals surface area contributed by atoms with Crippen molar-refractivity contribution in [3.63, 3.8) is 0 Å². The van der Waals surface area contributed by atoms with Gasteiger partial charge in [-0.2, -0.15) is 9.38 Å². The fraction of sp³-hybridized carbons (Fsp3) is 0.389. The van der Waals surface area contributed by atoms with Crippen molar-refractivity contribution in [2.75, 3.05) is 44.2 Å². The summed E-state index contributed by atoms with van der Waals surface area (Å²) in [6.07, 6.45) is 2.56. The highest BCUT2D eigenvalue weighted by atomic mass is 32.1. The number of rotatable bonds is 6. The zero-order valence-corrected chi connectivity index (χ0v) is 16.7. The number of aromatic nitrogens is 2. The molecule has 1 saturated heterocycles. The lowest BCUT2D eigenvalue weighted by atomic mass is 10.2. The number of hydrogen-bond acceptors (Lipinski definition) is 8. The summed E-state index contributed by atoms with van der Waals surface area (Å²) in [5, 5.41) is 13.4. The summed E-state index contributed by atoms with van der Waals surface area (Å²) in [6.45, 7) is 1.57. The smallest absolute Gasteiger partial charge is 0.373 e. The zero-order valence-electron chi connectivity index (χ0n) is 15.9. The van der Waals surface area contributed by atoms with Crippen molar-refractivity contribution >= 4 is 33.6 Å². The number of nitro groups is 1. The first-order valence-corrected chi connectivity index (χ1v) is 9.70. The number of hydrogen-bond donors (Lipinski definition) is 0. The van der Waals surface area contributed by atoms with Gasteiger partial charge in [0.2, 0.25) is 5.82 Å². The van der Waals surface area contributed by atoms with Crippen LogP contribution in [0.25, 0.3) is 4.96 Å². The molecule has 0 amide bonds. The number of methoxy groups -OCH3 is 2. The summed E-state index contributed by atoms with van der Waals surface area (Å²) in [5.41, 5.74) is 1.01. The van der Waals surface area contributed by atoms with Gasteiger partial charge < -0.3 is 29.4 Å². The number of imidazole rings is 1. The maximum Gasteiger partial charge on any atom is 0.373 e. The number of anilines is 2.